The average Bonchev–Trinajstić information content (AvgIpc) is 3.45. The van der Waals surface area contributed by atoms with Crippen LogP contribution in [-0.4, -0.2) is 74.7 Å². The maximum absolute atomic E-state index is 12.9. The van der Waals surface area contributed by atoms with Crippen LogP contribution in [0.1, 0.15) is 39.2 Å². The molecule has 0 bridgehead atoms. The van der Waals surface area contributed by atoms with Crippen molar-refractivity contribution in [3.05, 3.63) is 29.8 Å². The zero-order valence-corrected chi connectivity index (χ0v) is 18.3. The van der Waals surface area contributed by atoms with Gasteiger partial charge in [-0.05, 0) is 41.9 Å². The first kappa shape index (κ1) is 21.3. The molecule has 3 rings (SSSR count). The molecular weight excluding hydrogens is 374 g/mol. The van der Waals surface area contributed by atoms with Crippen LogP contribution in [0.4, 0.5) is 0 Å². The fraction of sp³-hybridized carbons (Fsp3) is 0.667. The minimum Gasteiger partial charge on any atom is -0.344 e. The molecule has 1 aliphatic heterocycles. The molecule has 0 unspecified atom stereocenters. The van der Waals surface area contributed by atoms with Crippen LogP contribution in [0.25, 0.3) is 0 Å². The van der Waals surface area contributed by atoms with Gasteiger partial charge in [-0.1, -0.05) is 32.9 Å². The summed E-state index contributed by atoms with van der Waals surface area (Å²) in [6.07, 6.45) is 2.45. The number of hydrogen-bond donors (Lipinski definition) is 0. The molecule has 0 spiro atoms. The Hall–Kier alpha value is -1.44. The van der Waals surface area contributed by atoms with E-state index in [2.05, 4.69) is 25.7 Å². The first-order valence-corrected chi connectivity index (χ1v) is 11.6. The van der Waals surface area contributed by atoms with Crippen LogP contribution in [0.3, 0.4) is 0 Å². The van der Waals surface area contributed by atoms with E-state index < -0.39 is 10.0 Å². The van der Waals surface area contributed by atoms with Crippen LogP contribution in [0.2, 0.25) is 0 Å². The van der Waals surface area contributed by atoms with Gasteiger partial charge in [-0.2, -0.15) is 4.31 Å². The summed E-state index contributed by atoms with van der Waals surface area (Å²) in [6.45, 7) is 9.56. The highest BCUT2D eigenvalue weighted by atomic mass is 32.2. The van der Waals surface area contributed by atoms with Crippen molar-refractivity contribution in [3.63, 3.8) is 0 Å². The van der Waals surface area contributed by atoms with Crippen LogP contribution in [0.5, 0.6) is 0 Å². The van der Waals surface area contributed by atoms with Crippen molar-refractivity contribution in [2.45, 2.75) is 43.9 Å². The molecule has 1 aromatic carbocycles. The summed E-state index contributed by atoms with van der Waals surface area (Å²) in [4.78, 5) is 16.6. The van der Waals surface area contributed by atoms with Crippen LogP contribution in [0.15, 0.2) is 29.2 Å². The zero-order chi connectivity index (χ0) is 20.5. The van der Waals surface area contributed by atoms with Crippen molar-refractivity contribution in [2.75, 3.05) is 46.3 Å². The Morgan fingerprint density at radius 1 is 1.07 bits per heavy atom. The second-order valence-electron chi connectivity index (χ2n) is 9.17. The van der Waals surface area contributed by atoms with Gasteiger partial charge in [0, 0.05) is 39.8 Å². The molecule has 6 nitrogen and oxygen atoms in total. The van der Waals surface area contributed by atoms with E-state index in [4.69, 9.17) is 0 Å². The highest BCUT2D eigenvalue weighted by Gasteiger charge is 2.30. The maximum Gasteiger partial charge on any atom is 0.243 e. The van der Waals surface area contributed by atoms with Crippen LogP contribution < -0.4 is 0 Å². The third-order valence-corrected chi connectivity index (χ3v) is 7.62. The Labute approximate surface area is 169 Å². The van der Waals surface area contributed by atoms with Crippen molar-refractivity contribution in [1.29, 1.82) is 0 Å². The summed E-state index contributed by atoms with van der Waals surface area (Å²) in [5.74, 6) is 0.807. The van der Waals surface area contributed by atoms with Crippen molar-refractivity contribution in [2.24, 2.45) is 5.92 Å². The van der Waals surface area contributed by atoms with E-state index in [1.165, 1.54) is 17.1 Å². The van der Waals surface area contributed by atoms with Crippen LogP contribution >= 0.6 is 0 Å². The molecular formula is C21H33N3O3S. The van der Waals surface area contributed by atoms with E-state index in [-0.39, 0.29) is 11.3 Å². The molecule has 1 saturated heterocycles. The maximum atomic E-state index is 12.9. The normalized spacial score (nSPS) is 19.6. The van der Waals surface area contributed by atoms with Gasteiger partial charge >= 0.3 is 0 Å². The van der Waals surface area contributed by atoms with Gasteiger partial charge in [0.05, 0.1) is 11.4 Å². The fourth-order valence-electron chi connectivity index (χ4n) is 3.51. The highest BCUT2D eigenvalue weighted by molar-refractivity contribution is 7.89. The molecule has 2 fully saturated rings. The zero-order valence-electron chi connectivity index (χ0n) is 17.5. The summed E-state index contributed by atoms with van der Waals surface area (Å²) in [7, 11) is -1.63. The molecule has 1 aromatic rings. The van der Waals surface area contributed by atoms with Gasteiger partial charge in [0.25, 0.3) is 0 Å². The number of piperazine rings is 1. The van der Waals surface area contributed by atoms with E-state index in [1.54, 1.807) is 12.1 Å². The highest BCUT2D eigenvalue weighted by Crippen LogP contribution is 2.29. The number of nitrogens with zero attached hydrogens (tertiary/aromatic N) is 3. The smallest absolute Gasteiger partial charge is 0.243 e. The molecule has 28 heavy (non-hydrogen) atoms. The standard InChI is InChI=1S/C21H33N3O3S/c1-21(2,3)18-7-9-19(10-8-18)28(26,27)24-13-11-23(12-14-24)16-20(25)22(4)15-17-5-6-17/h7-10,17H,5-6,11-16H2,1-4H3. The van der Waals surface area contributed by atoms with Gasteiger partial charge < -0.3 is 4.90 Å². The van der Waals surface area contributed by atoms with Gasteiger partial charge in [0.15, 0.2) is 0 Å². The first-order chi connectivity index (χ1) is 13.1. The second kappa shape index (κ2) is 8.13. The predicted molar refractivity (Wildman–Crippen MR) is 111 cm³/mol. The van der Waals surface area contributed by atoms with Gasteiger partial charge in [0.2, 0.25) is 15.9 Å². The number of benzene rings is 1. The number of rotatable bonds is 6. The molecule has 1 amide bonds. The summed E-state index contributed by atoms with van der Waals surface area (Å²) in [5, 5.41) is 0. The predicted octanol–water partition coefficient (Wildman–Crippen LogP) is 2.16. The lowest BCUT2D eigenvalue weighted by atomic mass is 9.87. The Bertz CT molecular complexity index is 787. The van der Waals surface area contributed by atoms with Gasteiger partial charge in [-0.25, -0.2) is 8.42 Å². The van der Waals surface area contributed by atoms with E-state index in [1.807, 2.05) is 24.1 Å². The topological polar surface area (TPSA) is 60.9 Å². The van der Waals surface area contributed by atoms with E-state index in [0.29, 0.717) is 43.5 Å². The minimum absolute atomic E-state index is 0.00682. The number of carbonyl (C=O) groups is 1. The summed E-state index contributed by atoms with van der Waals surface area (Å²) >= 11 is 0. The average molecular weight is 408 g/mol. The third-order valence-electron chi connectivity index (χ3n) is 5.70. The van der Waals surface area contributed by atoms with Crippen molar-refractivity contribution in [1.82, 2.24) is 14.1 Å². The molecule has 0 aromatic heterocycles. The molecule has 7 heteroatoms. The molecule has 2 aliphatic rings. The Kier molecular flexibility index (Phi) is 6.17. The monoisotopic (exact) mass is 407 g/mol. The van der Waals surface area contributed by atoms with Gasteiger partial charge in [-0.15, -0.1) is 0 Å². The lowest BCUT2D eigenvalue weighted by Gasteiger charge is -2.34. The lowest BCUT2D eigenvalue weighted by molar-refractivity contribution is -0.131. The molecule has 1 saturated carbocycles. The molecule has 1 heterocycles. The Balaban J connectivity index is 1.55. The van der Waals surface area contributed by atoms with Gasteiger partial charge in [0.1, 0.15) is 0 Å². The molecule has 0 atom stereocenters. The Morgan fingerprint density at radius 2 is 1.64 bits per heavy atom. The molecule has 156 valence electrons. The Morgan fingerprint density at radius 3 is 2.14 bits per heavy atom. The molecule has 1 aliphatic carbocycles. The first-order valence-electron chi connectivity index (χ1n) is 10.1. The number of carbonyl (C=O) groups excluding carboxylic acids is 1. The summed E-state index contributed by atoms with van der Waals surface area (Å²) < 4.78 is 27.4. The van der Waals surface area contributed by atoms with E-state index >= 15 is 0 Å². The molecule has 0 N–H and O–H groups in total. The summed E-state index contributed by atoms with van der Waals surface area (Å²) in [5.41, 5.74) is 1.11. The van der Waals surface area contributed by atoms with Crippen molar-refractivity contribution in [3.8, 4) is 0 Å². The van der Waals surface area contributed by atoms with Crippen molar-refractivity contribution < 1.29 is 13.2 Å². The number of amides is 1. The number of likely N-dealkylation sites (N-methyl/N-ethyl adjacent to an activating group) is 1. The number of hydrogen-bond acceptors (Lipinski definition) is 4. The SMILES string of the molecule is CN(CC1CC1)C(=O)CN1CCN(S(=O)(=O)c2ccc(C(C)(C)C)cc2)CC1. The van der Waals surface area contributed by atoms with Gasteiger partial charge in [-0.3, -0.25) is 9.69 Å². The fourth-order valence-corrected chi connectivity index (χ4v) is 4.93. The second-order valence-corrected chi connectivity index (χ2v) is 11.1. The lowest BCUT2D eigenvalue weighted by Crippen LogP contribution is -2.51. The van der Waals surface area contributed by atoms with Crippen LogP contribution in [-0.2, 0) is 20.2 Å². The minimum atomic E-state index is -3.49. The quantitative estimate of drug-likeness (QED) is 0.725. The largest absolute Gasteiger partial charge is 0.344 e. The van der Waals surface area contributed by atoms with Crippen molar-refractivity contribution >= 4 is 15.9 Å². The van der Waals surface area contributed by atoms with E-state index in [9.17, 15) is 13.2 Å². The third kappa shape index (κ3) is 5.13. The molecule has 0 radical (unpaired) electrons. The van der Waals surface area contributed by atoms with E-state index in [0.717, 1.165) is 12.1 Å². The van der Waals surface area contributed by atoms with Crippen LogP contribution in [0, 0.1) is 5.92 Å². The summed E-state index contributed by atoms with van der Waals surface area (Å²) in [6, 6.07) is 7.21. The number of sulfonamides is 1.